The Kier molecular flexibility index (Phi) is 5.32. The van der Waals surface area contributed by atoms with E-state index >= 15 is 0 Å². The number of benzene rings is 1. The monoisotopic (exact) mass is 320 g/mol. The first-order valence-corrected chi connectivity index (χ1v) is 8.06. The molecule has 1 fully saturated rings. The standard InChI is InChI=1S/C18H28N2O3/c1-17(2)11-15(12-18(3,4)19-17)20(22-5)16(21)23-13-14-9-7-6-8-10-14/h6-10,15,19H,11-13H2,1-5H3. The third-order valence-electron chi connectivity index (χ3n) is 4.08. The number of hydrogen-bond acceptors (Lipinski definition) is 4. The summed E-state index contributed by atoms with van der Waals surface area (Å²) in [5.74, 6) is 0. The van der Waals surface area contributed by atoms with Gasteiger partial charge in [0.25, 0.3) is 0 Å². The van der Waals surface area contributed by atoms with E-state index in [0.29, 0.717) is 0 Å². The summed E-state index contributed by atoms with van der Waals surface area (Å²) in [6.45, 7) is 8.82. The van der Waals surface area contributed by atoms with Crippen molar-refractivity contribution >= 4 is 6.09 Å². The molecule has 0 radical (unpaired) electrons. The predicted molar refractivity (Wildman–Crippen MR) is 89.8 cm³/mol. The third-order valence-corrected chi connectivity index (χ3v) is 4.08. The number of rotatable bonds is 4. The van der Waals surface area contributed by atoms with E-state index in [1.54, 1.807) is 0 Å². The molecule has 1 heterocycles. The van der Waals surface area contributed by atoms with Crippen LogP contribution in [-0.4, -0.2) is 35.4 Å². The summed E-state index contributed by atoms with van der Waals surface area (Å²) < 4.78 is 5.41. The number of nitrogens with one attached hydrogen (secondary N) is 1. The van der Waals surface area contributed by atoms with Crippen LogP contribution in [0.15, 0.2) is 30.3 Å². The van der Waals surface area contributed by atoms with Gasteiger partial charge in [0.05, 0.1) is 13.2 Å². The fraction of sp³-hybridized carbons (Fsp3) is 0.611. The van der Waals surface area contributed by atoms with Crippen LogP contribution in [0, 0.1) is 0 Å². The van der Waals surface area contributed by atoms with Gasteiger partial charge in [-0.2, -0.15) is 5.06 Å². The number of nitrogens with zero attached hydrogens (tertiary/aromatic N) is 1. The second-order valence-electron chi connectivity index (χ2n) is 7.50. The van der Waals surface area contributed by atoms with Crippen LogP contribution >= 0.6 is 0 Å². The van der Waals surface area contributed by atoms with Gasteiger partial charge in [0.2, 0.25) is 0 Å². The molecule has 1 saturated heterocycles. The van der Waals surface area contributed by atoms with Crippen molar-refractivity contribution in [2.45, 2.75) is 64.3 Å². The van der Waals surface area contributed by atoms with E-state index < -0.39 is 6.09 Å². The largest absolute Gasteiger partial charge is 0.443 e. The maximum atomic E-state index is 12.4. The summed E-state index contributed by atoms with van der Waals surface area (Å²) in [5, 5.41) is 4.99. The van der Waals surface area contributed by atoms with Crippen molar-refractivity contribution in [1.29, 1.82) is 0 Å². The molecule has 5 heteroatoms. The highest BCUT2D eigenvalue weighted by atomic mass is 16.7. The normalized spacial score (nSPS) is 20.0. The average molecular weight is 320 g/mol. The molecule has 1 amide bonds. The van der Waals surface area contributed by atoms with Gasteiger partial charge in [-0.15, -0.1) is 0 Å². The summed E-state index contributed by atoms with van der Waals surface area (Å²) in [6.07, 6.45) is 1.19. The van der Waals surface area contributed by atoms with Crippen LogP contribution in [0.1, 0.15) is 46.1 Å². The molecule has 1 aromatic carbocycles. The van der Waals surface area contributed by atoms with Crippen LogP contribution in [0.25, 0.3) is 0 Å². The molecular weight excluding hydrogens is 292 g/mol. The fourth-order valence-electron chi connectivity index (χ4n) is 3.59. The van der Waals surface area contributed by atoms with Gasteiger partial charge in [-0.25, -0.2) is 4.79 Å². The van der Waals surface area contributed by atoms with Crippen molar-refractivity contribution in [1.82, 2.24) is 10.4 Å². The molecular formula is C18H28N2O3. The minimum Gasteiger partial charge on any atom is -0.443 e. The van der Waals surface area contributed by atoms with Crippen LogP contribution in [0.5, 0.6) is 0 Å². The Hall–Kier alpha value is -1.59. The molecule has 1 aromatic rings. The highest BCUT2D eigenvalue weighted by Gasteiger charge is 2.42. The van der Waals surface area contributed by atoms with Gasteiger partial charge < -0.3 is 10.1 Å². The predicted octanol–water partition coefficient (Wildman–Crippen LogP) is 3.50. The second kappa shape index (κ2) is 6.89. The van der Waals surface area contributed by atoms with Crippen molar-refractivity contribution in [2.75, 3.05) is 7.11 Å². The lowest BCUT2D eigenvalue weighted by molar-refractivity contribution is -0.155. The Morgan fingerprint density at radius 3 is 2.26 bits per heavy atom. The van der Waals surface area contributed by atoms with Gasteiger partial charge in [-0.1, -0.05) is 30.3 Å². The summed E-state index contributed by atoms with van der Waals surface area (Å²) in [6, 6.07) is 9.63. The Bertz CT molecular complexity index is 512. The number of ether oxygens (including phenoxy) is 1. The highest BCUT2D eigenvalue weighted by molar-refractivity contribution is 5.66. The molecule has 0 unspecified atom stereocenters. The maximum Gasteiger partial charge on any atom is 0.434 e. The molecule has 23 heavy (non-hydrogen) atoms. The fourth-order valence-corrected chi connectivity index (χ4v) is 3.59. The molecule has 1 aliphatic heterocycles. The van der Waals surface area contributed by atoms with Gasteiger partial charge in [0.15, 0.2) is 0 Å². The Morgan fingerprint density at radius 1 is 1.17 bits per heavy atom. The summed E-state index contributed by atoms with van der Waals surface area (Å²) in [4.78, 5) is 17.8. The lowest BCUT2D eigenvalue weighted by Gasteiger charge is -2.48. The van der Waals surface area contributed by atoms with Crippen LogP contribution in [0.2, 0.25) is 0 Å². The summed E-state index contributed by atoms with van der Waals surface area (Å²) >= 11 is 0. The lowest BCUT2D eigenvalue weighted by atomic mass is 9.79. The van der Waals surface area contributed by atoms with Gasteiger partial charge in [0, 0.05) is 11.1 Å². The molecule has 1 aliphatic rings. The van der Waals surface area contributed by atoms with Crippen LogP contribution in [0.3, 0.4) is 0 Å². The highest BCUT2D eigenvalue weighted by Crippen LogP contribution is 2.32. The molecule has 0 atom stereocenters. The van der Waals surface area contributed by atoms with Crippen LogP contribution in [-0.2, 0) is 16.2 Å². The molecule has 0 spiro atoms. The van der Waals surface area contributed by atoms with Gasteiger partial charge in [0.1, 0.15) is 6.61 Å². The Balaban J connectivity index is 2.01. The van der Waals surface area contributed by atoms with E-state index in [4.69, 9.17) is 9.57 Å². The first kappa shape index (κ1) is 17.8. The Labute approximate surface area is 138 Å². The first-order chi connectivity index (χ1) is 10.7. The third kappa shape index (κ3) is 4.94. The van der Waals surface area contributed by atoms with Gasteiger partial charge in [-0.3, -0.25) is 4.84 Å². The van der Waals surface area contributed by atoms with E-state index in [9.17, 15) is 4.79 Å². The Morgan fingerprint density at radius 2 is 1.74 bits per heavy atom. The van der Waals surface area contributed by atoms with Crippen molar-refractivity contribution in [3.8, 4) is 0 Å². The van der Waals surface area contributed by atoms with Crippen molar-refractivity contribution in [2.24, 2.45) is 0 Å². The van der Waals surface area contributed by atoms with E-state index in [-0.39, 0.29) is 23.7 Å². The van der Waals surface area contributed by atoms with Crippen LogP contribution in [0.4, 0.5) is 4.79 Å². The SMILES string of the molecule is CON(C(=O)OCc1ccccc1)C1CC(C)(C)NC(C)(C)C1. The van der Waals surface area contributed by atoms with Gasteiger partial charge in [-0.05, 0) is 46.1 Å². The zero-order valence-electron chi connectivity index (χ0n) is 14.8. The molecule has 128 valence electrons. The first-order valence-electron chi connectivity index (χ1n) is 8.06. The van der Waals surface area contributed by atoms with E-state index in [1.165, 1.54) is 12.2 Å². The summed E-state index contributed by atoms with van der Waals surface area (Å²) in [7, 11) is 1.52. The number of amides is 1. The smallest absolute Gasteiger partial charge is 0.434 e. The van der Waals surface area contributed by atoms with Crippen LogP contribution < -0.4 is 5.32 Å². The number of carbonyl (C=O) groups excluding carboxylic acids is 1. The number of carbonyl (C=O) groups is 1. The minimum absolute atomic E-state index is 0.0190. The maximum absolute atomic E-state index is 12.4. The lowest BCUT2D eigenvalue weighted by Crippen LogP contribution is -2.62. The molecule has 0 saturated carbocycles. The quantitative estimate of drug-likeness (QED) is 0.863. The second-order valence-corrected chi connectivity index (χ2v) is 7.50. The molecule has 2 rings (SSSR count). The number of hydrogen-bond donors (Lipinski definition) is 1. The molecule has 1 N–H and O–H groups in total. The van der Waals surface area contributed by atoms with E-state index in [1.807, 2.05) is 30.3 Å². The molecule has 0 bridgehead atoms. The van der Waals surface area contributed by atoms with Crippen molar-refractivity contribution in [3.63, 3.8) is 0 Å². The zero-order chi connectivity index (χ0) is 17.1. The number of piperidine rings is 1. The zero-order valence-corrected chi connectivity index (χ0v) is 14.8. The summed E-state index contributed by atoms with van der Waals surface area (Å²) in [5.41, 5.74) is 0.828. The van der Waals surface area contributed by atoms with Gasteiger partial charge >= 0.3 is 6.09 Å². The molecule has 5 nitrogen and oxygen atoms in total. The van der Waals surface area contributed by atoms with E-state index in [0.717, 1.165) is 18.4 Å². The van der Waals surface area contributed by atoms with Crippen molar-refractivity contribution < 1.29 is 14.4 Å². The minimum atomic E-state index is -0.435. The average Bonchev–Trinajstić information content (AvgIpc) is 2.43. The molecule has 0 aromatic heterocycles. The topological polar surface area (TPSA) is 50.8 Å². The molecule has 0 aliphatic carbocycles. The number of hydroxylamine groups is 2. The van der Waals surface area contributed by atoms with Crippen molar-refractivity contribution in [3.05, 3.63) is 35.9 Å². The van der Waals surface area contributed by atoms with E-state index in [2.05, 4.69) is 33.0 Å².